The van der Waals surface area contributed by atoms with Gasteiger partial charge in [-0.1, -0.05) is 0 Å². The molecule has 0 saturated heterocycles. The summed E-state index contributed by atoms with van der Waals surface area (Å²) < 4.78 is 1.80. The van der Waals surface area contributed by atoms with Gasteiger partial charge in [-0.3, -0.25) is 4.68 Å². The SMILES string of the molecule is Cn1nc(N)c2ccsc21. The summed E-state index contributed by atoms with van der Waals surface area (Å²) in [6.45, 7) is 0. The molecule has 3 nitrogen and oxygen atoms in total. The van der Waals surface area contributed by atoms with Crippen molar-refractivity contribution in [3.63, 3.8) is 0 Å². The van der Waals surface area contributed by atoms with Gasteiger partial charge in [-0.05, 0) is 11.4 Å². The number of nitrogens with two attached hydrogens (primary N) is 1. The first-order valence-corrected chi connectivity index (χ1v) is 3.82. The van der Waals surface area contributed by atoms with Crippen LogP contribution in [-0.4, -0.2) is 9.78 Å². The Bertz CT molecular complexity index is 328. The third-order valence-corrected chi connectivity index (χ3v) is 2.45. The van der Waals surface area contributed by atoms with E-state index in [9.17, 15) is 0 Å². The molecule has 0 unspecified atom stereocenters. The minimum absolute atomic E-state index is 0.624. The van der Waals surface area contributed by atoms with Crippen molar-refractivity contribution in [2.75, 3.05) is 5.73 Å². The van der Waals surface area contributed by atoms with E-state index in [2.05, 4.69) is 5.10 Å². The van der Waals surface area contributed by atoms with E-state index in [4.69, 9.17) is 5.73 Å². The average Bonchev–Trinajstić information content (AvgIpc) is 2.39. The maximum Gasteiger partial charge on any atom is 0.154 e. The second kappa shape index (κ2) is 1.73. The van der Waals surface area contributed by atoms with Crippen LogP contribution in [0.2, 0.25) is 0 Å². The molecule has 10 heavy (non-hydrogen) atoms. The lowest BCUT2D eigenvalue weighted by Gasteiger charge is -1.83. The van der Waals surface area contributed by atoms with Crippen LogP contribution in [0.3, 0.4) is 0 Å². The third kappa shape index (κ3) is 0.565. The molecular formula is C6H7N3S. The molecule has 2 aromatic rings. The smallest absolute Gasteiger partial charge is 0.154 e. The fourth-order valence-electron chi connectivity index (χ4n) is 1.01. The number of nitrogen functional groups attached to an aromatic ring is 1. The van der Waals surface area contributed by atoms with Crippen molar-refractivity contribution < 1.29 is 0 Å². The first kappa shape index (κ1) is 5.73. The summed E-state index contributed by atoms with van der Waals surface area (Å²) in [6, 6.07) is 1.99. The minimum atomic E-state index is 0.624. The first-order chi connectivity index (χ1) is 4.79. The van der Waals surface area contributed by atoms with Crippen molar-refractivity contribution in [3.8, 4) is 0 Å². The summed E-state index contributed by atoms with van der Waals surface area (Å²) in [4.78, 5) is 1.14. The van der Waals surface area contributed by atoms with Crippen LogP contribution in [0.25, 0.3) is 10.2 Å². The standard InChI is InChI=1S/C6H7N3S/c1-9-6-4(2-3-10-6)5(7)8-9/h2-3H,1H3,(H2,7,8). The van der Waals surface area contributed by atoms with Gasteiger partial charge in [0, 0.05) is 7.05 Å². The van der Waals surface area contributed by atoms with Crippen LogP contribution < -0.4 is 5.73 Å². The molecule has 0 aliphatic heterocycles. The Hall–Kier alpha value is -1.03. The van der Waals surface area contributed by atoms with E-state index < -0.39 is 0 Å². The van der Waals surface area contributed by atoms with Crippen LogP contribution in [0.5, 0.6) is 0 Å². The summed E-state index contributed by atoms with van der Waals surface area (Å²) in [5.41, 5.74) is 5.60. The van der Waals surface area contributed by atoms with Crippen LogP contribution in [0.1, 0.15) is 0 Å². The van der Waals surface area contributed by atoms with E-state index in [0.29, 0.717) is 5.82 Å². The lowest BCUT2D eigenvalue weighted by molar-refractivity contribution is 0.807. The van der Waals surface area contributed by atoms with E-state index in [1.807, 2.05) is 18.5 Å². The van der Waals surface area contributed by atoms with Crippen LogP contribution in [0.4, 0.5) is 5.82 Å². The van der Waals surface area contributed by atoms with Crippen LogP contribution in [-0.2, 0) is 7.05 Å². The molecule has 2 N–H and O–H groups in total. The van der Waals surface area contributed by atoms with Crippen LogP contribution >= 0.6 is 11.3 Å². The molecule has 2 heterocycles. The van der Waals surface area contributed by atoms with Gasteiger partial charge >= 0.3 is 0 Å². The molecule has 0 aliphatic rings. The normalized spacial score (nSPS) is 10.9. The molecule has 0 spiro atoms. The zero-order valence-corrected chi connectivity index (χ0v) is 6.35. The average molecular weight is 153 g/mol. The van der Waals surface area contributed by atoms with E-state index in [1.54, 1.807) is 16.0 Å². The second-order valence-corrected chi connectivity index (χ2v) is 3.04. The number of rotatable bonds is 0. The van der Waals surface area contributed by atoms with E-state index in [0.717, 1.165) is 10.2 Å². The van der Waals surface area contributed by atoms with Crippen molar-refractivity contribution in [2.45, 2.75) is 0 Å². The summed E-state index contributed by atoms with van der Waals surface area (Å²) in [7, 11) is 1.90. The molecule has 0 fully saturated rings. The predicted molar refractivity (Wildman–Crippen MR) is 43.0 cm³/mol. The third-order valence-electron chi connectivity index (χ3n) is 1.47. The molecule has 0 amide bonds. The maximum atomic E-state index is 5.60. The number of hydrogen-bond donors (Lipinski definition) is 1. The van der Waals surface area contributed by atoms with E-state index in [-0.39, 0.29) is 0 Å². The van der Waals surface area contributed by atoms with Gasteiger partial charge in [0.2, 0.25) is 0 Å². The zero-order chi connectivity index (χ0) is 7.14. The number of anilines is 1. The molecule has 2 rings (SSSR count). The molecule has 4 heteroatoms. The van der Waals surface area contributed by atoms with Crippen LogP contribution in [0.15, 0.2) is 11.4 Å². The Morgan fingerprint density at radius 1 is 1.70 bits per heavy atom. The van der Waals surface area contributed by atoms with Crippen molar-refractivity contribution in [1.82, 2.24) is 9.78 Å². The van der Waals surface area contributed by atoms with Crippen LogP contribution in [0, 0.1) is 0 Å². The van der Waals surface area contributed by atoms with Gasteiger partial charge in [0.1, 0.15) is 4.83 Å². The highest BCUT2D eigenvalue weighted by Gasteiger charge is 2.04. The Morgan fingerprint density at radius 3 is 3.20 bits per heavy atom. The summed E-state index contributed by atoms with van der Waals surface area (Å²) >= 11 is 1.66. The van der Waals surface area contributed by atoms with Crippen molar-refractivity contribution in [3.05, 3.63) is 11.4 Å². The Balaban J connectivity index is 2.98. The van der Waals surface area contributed by atoms with Crippen molar-refractivity contribution >= 4 is 27.4 Å². The molecule has 0 bridgehead atoms. The molecular weight excluding hydrogens is 146 g/mol. The Morgan fingerprint density at radius 2 is 2.50 bits per heavy atom. The largest absolute Gasteiger partial charge is 0.382 e. The van der Waals surface area contributed by atoms with Gasteiger partial charge in [-0.2, -0.15) is 5.10 Å². The Kier molecular flexibility index (Phi) is 0.990. The molecule has 2 aromatic heterocycles. The fourth-order valence-corrected chi connectivity index (χ4v) is 1.83. The molecule has 0 saturated carbocycles. The zero-order valence-electron chi connectivity index (χ0n) is 5.53. The molecule has 0 atom stereocenters. The lowest BCUT2D eigenvalue weighted by atomic mass is 10.4. The number of fused-ring (bicyclic) bond motifs is 1. The number of thiophene rings is 1. The lowest BCUT2D eigenvalue weighted by Crippen LogP contribution is -1.90. The quantitative estimate of drug-likeness (QED) is 0.618. The maximum absolute atomic E-state index is 5.60. The highest BCUT2D eigenvalue weighted by Crippen LogP contribution is 2.24. The highest BCUT2D eigenvalue weighted by molar-refractivity contribution is 7.16. The van der Waals surface area contributed by atoms with Gasteiger partial charge in [0.25, 0.3) is 0 Å². The predicted octanol–water partition coefficient (Wildman–Crippen LogP) is 1.22. The summed E-state index contributed by atoms with van der Waals surface area (Å²) in [5, 5.41) is 7.13. The van der Waals surface area contributed by atoms with E-state index in [1.165, 1.54) is 0 Å². The van der Waals surface area contributed by atoms with Gasteiger partial charge in [0.15, 0.2) is 5.82 Å². The van der Waals surface area contributed by atoms with E-state index >= 15 is 0 Å². The Labute approximate surface area is 62.1 Å². The number of aryl methyl sites for hydroxylation is 1. The van der Waals surface area contributed by atoms with Crippen molar-refractivity contribution in [1.29, 1.82) is 0 Å². The summed E-state index contributed by atoms with van der Waals surface area (Å²) in [5.74, 6) is 0.624. The molecule has 0 aromatic carbocycles. The second-order valence-electron chi connectivity index (χ2n) is 2.15. The first-order valence-electron chi connectivity index (χ1n) is 2.94. The molecule has 0 radical (unpaired) electrons. The molecule has 0 aliphatic carbocycles. The number of hydrogen-bond acceptors (Lipinski definition) is 3. The van der Waals surface area contributed by atoms with Gasteiger partial charge in [-0.25, -0.2) is 0 Å². The fraction of sp³-hybridized carbons (Fsp3) is 0.167. The van der Waals surface area contributed by atoms with Gasteiger partial charge in [0.05, 0.1) is 5.39 Å². The van der Waals surface area contributed by atoms with Gasteiger partial charge in [-0.15, -0.1) is 11.3 Å². The monoisotopic (exact) mass is 153 g/mol. The highest BCUT2D eigenvalue weighted by atomic mass is 32.1. The van der Waals surface area contributed by atoms with Crippen molar-refractivity contribution in [2.24, 2.45) is 7.05 Å². The number of nitrogens with zero attached hydrogens (tertiary/aromatic N) is 2. The number of aromatic nitrogens is 2. The van der Waals surface area contributed by atoms with Gasteiger partial charge < -0.3 is 5.73 Å². The minimum Gasteiger partial charge on any atom is -0.382 e. The molecule has 52 valence electrons. The topological polar surface area (TPSA) is 43.8 Å². The summed E-state index contributed by atoms with van der Waals surface area (Å²) in [6.07, 6.45) is 0.